The van der Waals surface area contributed by atoms with Gasteiger partial charge in [-0.15, -0.1) is 0 Å². The van der Waals surface area contributed by atoms with Crippen molar-refractivity contribution in [3.05, 3.63) is 0 Å². The van der Waals surface area contributed by atoms with Crippen LogP contribution < -0.4 is 0 Å². The Morgan fingerprint density at radius 2 is 2.00 bits per heavy atom. The van der Waals surface area contributed by atoms with Gasteiger partial charge in [0.2, 0.25) is 0 Å². The summed E-state index contributed by atoms with van der Waals surface area (Å²) in [5.74, 6) is 0.548. The molecule has 0 heterocycles. The van der Waals surface area contributed by atoms with Crippen LogP contribution in [0.25, 0.3) is 0 Å². The van der Waals surface area contributed by atoms with Crippen LogP contribution in [0, 0.1) is 17.2 Å². The normalized spacial score (nSPS) is 20.9. The Balaban J connectivity index is 2.39. The van der Waals surface area contributed by atoms with Crippen LogP contribution in [0.2, 0.25) is 19.6 Å². The molecular weight excluding hydrogens is 154 g/mol. The number of hydrogen-bond acceptors (Lipinski definition) is 2. The lowest BCUT2D eigenvalue weighted by Gasteiger charge is -2.21. The number of rotatable bonds is 3. The third-order valence-corrected chi connectivity index (χ3v) is 2.62. The zero-order valence-corrected chi connectivity index (χ0v) is 8.42. The third-order valence-electron chi connectivity index (χ3n) is 1.66. The molecule has 1 fully saturated rings. The van der Waals surface area contributed by atoms with Crippen molar-refractivity contribution in [3.8, 4) is 6.07 Å². The molecule has 0 amide bonds. The standard InChI is InChI=1S/C8H15NOSi/c1-11(2,3)10-8(6-9)7-4-5-7/h7-8H,4-5H2,1-3H3/t8-/m0/s1. The number of nitriles is 1. The van der Waals surface area contributed by atoms with E-state index in [1.165, 1.54) is 12.8 Å². The second-order valence-electron chi connectivity index (χ2n) is 4.12. The molecule has 1 saturated carbocycles. The molecule has 62 valence electrons. The smallest absolute Gasteiger partial charge is 0.185 e. The first-order valence-electron chi connectivity index (χ1n) is 4.10. The van der Waals surface area contributed by atoms with Gasteiger partial charge in [0.05, 0.1) is 6.07 Å². The lowest BCUT2D eigenvalue weighted by Crippen LogP contribution is -2.32. The third kappa shape index (κ3) is 3.04. The van der Waals surface area contributed by atoms with Gasteiger partial charge in [-0.05, 0) is 38.4 Å². The highest BCUT2D eigenvalue weighted by atomic mass is 28.4. The Morgan fingerprint density at radius 3 is 2.27 bits per heavy atom. The highest BCUT2D eigenvalue weighted by molar-refractivity contribution is 6.69. The van der Waals surface area contributed by atoms with Gasteiger partial charge in [0, 0.05) is 0 Å². The van der Waals surface area contributed by atoms with Crippen LogP contribution in [0.5, 0.6) is 0 Å². The van der Waals surface area contributed by atoms with Gasteiger partial charge in [0.25, 0.3) is 0 Å². The lowest BCUT2D eigenvalue weighted by molar-refractivity contribution is 0.225. The van der Waals surface area contributed by atoms with E-state index in [4.69, 9.17) is 9.69 Å². The Kier molecular flexibility index (Phi) is 2.36. The van der Waals surface area contributed by atoms with E-state index in [2.05, 4.69) is 25.7 Å². The Morgan fingerprint density at radius 1 is 1.45 bits per heavy atom. The molecule has 0 saturated heterocycles. The van der Waals surface area contributed by atoms with Crippen LogP contribution in [0.4, 0.5) is 0 Å². The fourth-order valence-electron chi connectivity index (χ4n) is 1.01. The van der Waals surface area contributed by atoms with Crippen LogP contribution >= 0.6 is 0 Å². The van der Waals surface area contributed by atoms with E-state index >= 15 is 0 Å². The lowest BCUT2D eigenvalue weighted by atomic mass is 10.3. The van der Waals surface area contributed by atoms with Gasteiger partial charge in [0.15, 0.2) is 8.32 Å². The van der Waals surface area contributed by atoms with E-state index in [-0.39, 0.29) is 6.10 Å². The number of nitrogens with zero attached hydrogens (tertiary/aromatic N) is 1. The summed E-state index contributed by atoms with van der Waals surface area (Å²) in [7, 11) is -1.49. The molecule has 1 atom stereocenters. The summed E-state index contributed by atoms with van der Waals surface area (Å²) in [6.07, 6.45) is 2.26. The molecule has 3 heteroatoms. The Hall–Kier alpha value is -0.333. The van der Waals surface area contributed by atoms with Gasteiger partial charge >= 0.3 is 0 Å². The van der Waals surface area contributed by atoms with E-state index in [1.807, 2.05) is 0 Å². The van der Waals surface area contributed by atoms with Crippen LogP contribution in [0.3, 0.4) is 0 Å². The van der Waals surface area contributed by atoms with E-state index < -0.39 is 8.32 Å². The number of hydrogen-bond donors (Lipinski definition) is 0. The van der Waals surface area contributed by atoms with Gasteiger partial charge in [-0.2, -0.15) is 5.26 Å². The first-order valence-corrected chi connectivity index (χ1v) is 7.51. The van der Waals surface area contributed by atoms with E-state index in [9.17, 15) is 0 Å². The summed E-state index contributed by atoms with van der Waals surface area (Å²) in [5.41, 5.74) is 0. The van der Waals surface area contributed by atoms with Crippen molar-refractivity contribution < 1.29 is 4.43 Å². The predicted octanol–water partition coefficient (Wildman–Crippen LogP) is 2.14. The zero-order valence-electron chi connectivity index (χ0n) is 7.42. The topological polar surface area (TPSA) is 33.0 Å². The molecule has 2 nitrogen and oxygen atoms in total. The monoisotopic (exact) mass is 169 g/mol. The van der Waals surface area contributed by atoms with Gasteiger partial charge in [-0.1, -0.05) is 0 Å². The molecule has 0 bridgehead atoms. The fourth-order valence-corrected chi connectivity index (χ4v) is 2.01. The molecule has 1 rings (SSSR count). The molecule has 0 aromatic carbocycles. The average molecular weight is 169 g/mol. The maximum Gasteiger partial charge on any atom is 0.185 e. The molecular formula is C8H15NOSi. The van der Waals surface area contributed by atoms with Crippen LogP contribution in [-0.2, 0) is 4.43 Å². The van der Waals surface area contributed by atoms with Gasteiger partial charge in [0.1, 0.15) is 6.10 Å². The summed E-state index contributed by atoms with van der Waals surface area (Å²) >= 11 is 0. The van der Waals surface area contributed by atoms with Crippen molar-refractivity contribution in [2.75, 3.05) is 0 Å². The molecule has 0 N–H and O–H groups in total. The predicted molar refractivity (Wildman–Crippen MR) is 46.6 cm³/mol. The van der Waals surface area contributed by atoms with Crippen molar-refractivity contribution >= 4 is 8.32 Å². The average Bonchev–Trinajstić information content (AvgIpc) is 2.61. The van der Waals surface area contributed by atoms with Crippen molar-refractivity contribution in [2.45, 2.75) is 38.6 Å². The second-order valence-corrected chi connectivity index (χ2v) is 8.58. The molecule has 11 heavy (non-hydrogen) atoms. The van der Waals surface area contributed by atoms with E-state index in [0.29, 0.717) is 5.92 Å². The van der Waals surface area contributed by atoms with Crippen molar-refractivity contribution in [2.24, 2.45) is 5.92 Å². The van der Waals surface area contributed by atoms with Crippen LogP contribution in [-0.4, -0.2) is 14.4 Å². The highest BCUT2D eigenvalue weighted by Crippen LogP contribution is 2.35. The summed E-state index contributed by atoms with van der Waals surface area (Å²) in [6.45, 7) is 6.37. The summed E-state index contributed by atoms with van der Waals surface area (Å²) in [4.78, 5) is 0. The highest BCUT2D eigenvalue weighted by Gasteiger charge is 2.34. The molecule has 1 aliphatic carbocycles. The molecule has 0 radical (unpaired) electrons. The molecule has 0 spiro atoms. The molecule has 0 aromatic rings. The SMILES string of the molecule is C[Si](C)(C)O[C@@H](C#N)C1CC1. The fraction of sp³-hybridized carbons (Fsp3) is 0.875. The summed E-state index contributed by atoms with van der Waals surface area (Å²) in [5, 5.41) is 8.75. The minimum atomic E-state index is -1.49. The largest absolute Gasteiger partial charge is 0.402 e. The van der Waals surface area contributed by atoms with Gasteiger partial charge < -0.3 is 4.43 Å². The quantitative estimate of drug-likeness (QED) is 0.606. The molecule has 0 unspecified atom stereocenters. The Bertz CT molecular complexity index is 176. The minimum Gasteiger partial charge on any atom is -0.402 e. The summed E-state index contributed by atoms with van der Waals surface area (Å²) in [6, 6.07) is 2.23. The van der Waals surface area contributed by atoms with E-state index in [1.54, 1.807) is 0 Å². The maximum absolute atomic E-state index is 8.75. The van der Waals surface area contributed by atoms with Crippen LogP contribution in [0.15, 0.2) is 0 Å². The van der Waals surface area contributed by atoms with Gasteiger partial charge in [-0.25, -0.2) is 0 Å². The first kappa shape index (κ1) is 8.76. The maximum atomic E-state index is 8.75. The van der Waals surface area contributed by atoms with Gasteiger partial charge in [-0.3, -0.25) is 0 Å². The Labute approximate surface area is 69.3 Å². The van der Waals surface area contributed by atoms with Crippen molar-refractivity contribution in [3.63, 3.8) is 0 Å². The second kappa shape index (κ2) is 2.96. The first-order chi connectivity index (χ1) is 5.03. The van der Waals surface area contributed by atoms with E-state index in [0.717, 1.165) is 0 Å². The van der Waals surface area contributed by atoms with Crippen LogP contribution in [0.1, 0.15) is 12.8 Å². The zero-order chi connectivity index (χ0) is 8.48. The van der Waals surface area contributed by atoms with Crippen molar-refractivity contribution in [1.29, 1.82) is 5.26 Å². The molecule has 0 aliphatic heterocycles. The molecule has 0 aromatic heterocycles. The minimum absolute atomic E-state index is 0.110. The summed E-state index contributed by atoms with van der Waals surface area (Å²) < 4.78 is 5.69. The molecule has 1 aliphatic rings. The van der Waals surface area contributed by atoms with Crippen molar-refractivity contribution in [1.82, 2.24) is 0 Å².